The monoisotopic (exact) mass is 266 g/mol. The summed E-state index contributed by atoms with van der Waals surface area (Å²) >= 11 is 0. The Kier molecular flexibility index (Phi) is 3.72. The van der Waals surface area contributed by atoms with E-state index in [0.717, 1.165) is 57.1 Å². The van der Waals surface area contributed by atoms with Crippen LogP contribution in [0.25, 0.3) is 0 Å². The molecule has 0 amide bonds. The van der Waals surface area contributed by atoms with Gasteiger partial charge in [-0.25, -0.2) is 0 Å². The highest BCUT2D eigenvalue weighted by Gasteiger charge is 2.26. The van der Waals surface area contributed by atoms with Crippen molar-refractivity contribution >= 4 is 5.69 Å². The normalized spacial score (nSPS) is 23.2. The molecule has 0 spiro atoms. The molecule has 0 unspecified atom stereocenters. The second-order valence-corrected chi connectivity index (χ2v) is 5.33. The quantitative estimate of drug-likeness (QED) is 0.876. The summed E-state index contributed by atoms with van der Waals surface area (Å²) < 4.78 is 13.1. The van der Waals surface area contributed by atoms with Gasteiger partial charge in [-0.2, -0.15) is 5.10 Å². The van der Waals surface area contributed by atoms with E-state index in [1.807, 2.05) is 6.92 Å². The van der Waals surface area contributed by atoms with Gasteiger partial charge in [0.05, 0.1) is 36.8 Å². The van der Waals surface area contributed by atoms with Crippen LogP contribution in [0.4, 0.5) is 5.69 Å². The molecule has 2 saturated heterocycles. The van der Waals surface area contributed by atoms with E-state index in [2.05, 4.69) is 14.7 Å². The second kappa shape index (κ2) is 5.48. The van der Waals surface area contributed by atoms with E-state index in [1.54, 1.807) is 6.20 Å². The van der Waals surface area contributed by atoms with Gasteiger partial charge < -0.3 is 15.2 Å². The fraction of sp³-hybridized carbons (Fsp3) is 0.769. The van der Waals surface area contributed by atoms with Crippen molar-refractivity contribution in [1.29, 1.82) is 0 Å². The van der Waals surface area contributed by atoms with E-state index in [1.165, 1.54) is 0 Å². The summed E-state index contributed by atoms with van der Waals surface area (Å²) in [5, 5.41) is 4.39. The SMILES string of the molecule is Cc1c(N)cnn1C1CCN(CC2OCCO2)CC1. The predicted octanol–water partition coefficient (Wildman–Crippen LogP) is 0.784. The van der Waals surface area contributed by atoms with Crippen molar-refractivity contribution in [3.05, 3.63) is 11.9 Å². The zero-order valence-electron chi connectivity index (χ0n) is 11.4. The third-order valence-corrected chi connectivity index (χ3v) is 4.08. The number of nitrogens with two attached hydrogens (primary N) is 1. The number of likely N-dealkylation sites (tertiary alicyclic amines) is 1. The van der Waals surface area contributed by atoms with Crippen molar-refractivity contribution in [2.75, 3.05) is 38.6 Å². The van der Waals surface area contributed by atoms with Crippen LogP contribution >= 0.6 is 0 Å². The van der Waals surface area contributed by atoms with Crippen molar-refractivity contribution in [1.82, 2.24) is 14.7 Å². The molecule has 0 radical (unpaired) electrons. The minimum atomic E-state index is -0.0290. The van der Waals surface area contributed by atoms with E-state index in [4.69, 9.17) is 15.2 Å². The Morgan fingerprint density at radius 3 is 2.58 bits per heavy atom. The van der Waals surface area contributed by atoms with E-state index in [-0.39, 0.29) is 6.29 Å². The fourth-order valence-electron chi connectivity index (χ4n) is 2.87. The summed E-state index contributed by atoms with van der Waals surface area (Å²) in [5.41, 5.74) is 7.73. The highest BCUT2D eigenvalue weighted by Crippen LogP contribution is 2.25. The molecule has 2 fully saturated rings. The first-order chi connectivity index (χ1) is 9.24. The van der Waals surface area contributed by atoms with Crippen molar-refractivity contribution in [3.8, 4) is 0 Å². The zero-order valence-corrected chi connectivity index (χ0v) is 11.4. The van der Waals surface area contributed by atoms with Crippen LogP contribution in [0, 0.1) is 6.92 Å². The van der Waals surface area contributed by atoms with Crippen LogP contribution in [-0.4, -0.2) is 53.8 Å². The molecule has 106 valence electrons. The summed E-state index contributed by atoms with van der Waals surface area (Å²) in [4.78, 5) is 2.41. The molecule has 6 nitrogen and oxygen atoms in total. The molecule has 2 N–H and O–H groups in total. The molecule has 0 bridgehead atoms. The lowest BCUT2D eigenvalue weighted by Gasteiger charge is -2.33. The number of rotatable bonds is 3. The van der Waals surface area contributed by atoms with E-state index >= 15 is 0 Å². The lowest BCUT2D eigenvalue weighted by molar-refractivity contribution is -0.0659. The highest BCUT2D eigenvalue weighted by molar-refractivity contribution is 5.39. The number of ether oxygens (including phenoxy) is 2. The highest BCUT2D eigenvalue weighted by atomic mass is 16.7. The van der Waals surface area contributed by atoms with Crippen molar-refractivity contribution in [2.45, 2.75) is 32.1 Å². The minimum Gasteiger partial charge on any atom is -0.396 e. The summed E-state index contributed by atoms with van der Waals surface area (Å²) in [6, 6.07) is 0.471. The Hall–Kier alpha value is -1.11. The maximum atomic E-state index is 5.86. The first-order valence-electron chi connectivity index (χ1n) is 6.99. The van der Waals surface area contributed by atoms with Crippen LogP contribution in [0.1, 0.15) is 24.6 Å². The number of nitrogen functional groups attached to an aromatic ring is 1. The van der Waals surface area contributed by atoms with Crippen LogP contribution in [0.3, 0.4) is 0 Å². The zero-order chi connectivity index (χ0) is 13.2. The van der Waals surface area contributed by atoms with Gasteiger partial charge in [-0.15, -0.1) is 0 Å². The van der Waals surface area contributed by atoms with E-state index in [9.17, 15) is 0 Å². The van der Waals surface area contributed by atoms with Crippen LogP contribution in [0.2, 0.25) is 0 Å². The number of aromatic nitrogens is 2. The molecule has 0 atom stereocenters. The fourth-order valence-corrected chi connectivity index (χ4v) is 2.87. The van der Waals surface area contributed by atoms with Gasteiger partial charge in [-0.1, -0.05) is 0 Å². The summed E-state index contributed by atoms with van der Waals surface area (Å²) in [5.74, 6) is 0. The molecule has 2 aliphatic rings. The number of hydrogen-bond donors (Lipinski definition) is 1. The average molecular weight is 266 g/mol. The molecule has 0 saturated carbocycles. The molecule has 0 aromatic carbocycles. The largest absolute Gasteiger partial charge is 0.396 e. The standard InChI is InChI=1S/C13H22N4O2/c1-10-12(14)8-15-17(10)11-2-4-16(5-3-11)9-13-18-6-7-19-13/h8,11,13H,2-7,9,14H2,1H3. The Bertz CT molecular complexity index is 420. The molecule has 1 aromatic rings. The number of nitrogens with zero attached hydrogens (tertiary/aromatic N) is 3. The smallest absolute Gasteiger partial charge is 0.170 e. The first-order valence-corrected chi connectivity index (χ1v) is 6.99. The first kappa shape index (κ1) is 12.9. The van der Waals surface area contributed by atoms with E-state index in [0.29, 0.717) is 6.04 Å². The van der Waals surface area contributed by atoms with E-state index < -0.39 is 0 Å². The van der Waals surface area contributed by atoms with Gasteiger partial charge in [0.1, 0.15) is 0 Å². The number of hydrogen-bond acceptors (Lipinski definition) is 5. The molecule has 3 heterocycles. The molecular weight excluding hydrogens is 244 g/mol. The lowest BCUT2D eigenvalue weighted by Crippen LogP contribution is -2.40. The molecule has 1 aromatic heterocycles. The Labute approximate surface area is 113 Å². The van der Waals surface area contributed by atoms with Gasteiger partial charge in [0.25, 0.3) is 0 Å². The topological polar surface area (TPSA) is 65.5 Å². The third kappa shape index (κ3) is 2.75. The summed E-state index contributed by atoms with van der Waals surface area (Å²) in [7, 11) is 0. The van der Waals surface area contributed by atoms with Crippen molar-refractivity contribution in [3.63, 3.8) is 0 Å². The minimum absolute atomic E-state index is 0.0290. The molecular formula is C13H22N4O2. The maximum absolute atomic E-state index is 5.86. The summed E-state index contributed by atoms with van der Waals surface area (Å²) in [6.07, 6.45) is 3.93. The van der Waals surface area contributed by atoms with Crippen LogP contribution in [-0.2, 0) is 9.47 Å². The molecule has 6 heteroatoms. The van der Waals surface area contributed by atoms with Crippen molar-refractivity contribution < 1.29 is 9.47 Å². The van der Waals surface area contributed by atoms with Gasteiger partial charge in [-0.3, -0.25) is 9.58 Å². The summed E-state index contributed by atoms with van der Waals surface area (Å²) in [6.45, 7) is 6.50. The van der Waals surface area contributed by atoms with Crippen LogP contribution in [0.5, 0.6) is 0 Å². The van der Waals surface area contributed by atoms with Gasteiger partial charge >= 0.3 is 0 Å². The van der Waals surface area contributed by atoms with Crippen molar-refractivity contribution in [2.24, 2.45) is 0 Å². The molecule has 3 rings (SSSR count). The predicted molar refractivity (Wildman–Crippen MR) is 71.8 cm³/mol. The number of anilines is 1. The maximum Gasteiger partial charge on any atom is 0.170 e. The lowest BCUT2D eigenvalue weighted by atomic mass is 10.0. The van der Waals surface area contributed by atoms with Crippen LogP contribution < -0.4 is 5.73 Å². The second-order valence-electron chi connectivity index (χ2n) is 5.33. The van der Waals surface area contributed by atoms with Gasteiger partial charge in [0.15, 0.2) is 6.29 Å². The van der Waals surface area contributed by atoms with Gasteiger partial charge in [0.2, 0.25) is 0 Å². The van der Waals surface area contributed by atoms with Gasteiger partial charge in [0, 0.05) is 19.6 Å². The number of piperidine rings is 1. The molecule has 0 aliphatic carbocycles. The Morgan fingerprint density at radius 2 is 2.00 bits per heavy atom. The Balaban J connectivity index is 1.53. The Morgan fingerprint density at radius 1 is 1.32 bits per heavy atom. The van der Waals surface area contributed by atoms with Crippen LogP contribution in [0.15, 0.2) is 6.20 Å². The molecule has 2 aliphatic heterocycles. The average Bonchev–Trinajstić information content (AvgIpc) is 3.03. The van der Waals surface area contributed by atoms with Gasteiger partial charge in [-0.05, 0) is 19.8 Å². The molecule has 19 heavy (non-hydrogen) atoms. The third-order valence-electron chi connectivity index (χ3n) is 4.08.